The molecular weight excluding hydrogens is 282 g/mol. The van der Waals surface area contributed by atoms with Gasteiger partial charge in [-0.1, -0.05) is 12.1 Å². The van der Waals surface area contributed by atoms with Gasteiger partial charge in [0.25, 0.3) is 0 Å². The second kappa shape index (κ2) is 6.89. The van der Waals surface area contributed by atoms with Crippen LogP contribution < -0.4 is 10.6 Å². The molecule has 1 atom stereocenters. The largest absolute Gasteiger partial charge is 0.441 e. The maximum Gasteiger partial charge on any atom is 0.222 e. The van der Waals surface area contributed by atoms with E-state index in [0.29, 0.717) is 31.9 Å². The van der Waals surface area contributed by atoms with Crippen LogP contribution in [0.5, 0.6) is 0 Å². The number of carbonyl (C=O) groups excluding carboxylic acids is 1. The summed E-state index contributed by atoms with van der Waals surface area (Å²) in [6, 6.07) is 5.87. The average molecular weight is 303 g/mol. The summed E-state index contributed by atoms with van der Waals surface area (Å²) in [5.74, 6) is 0.654. The second-order valence-electron chi connectivity index (χ2n) is 5.53. The summed E-state index contributed by atoms with van der Waals surface area (Å²) in [7, 11) is 0. The molecule has 6 heteroatoms. The minimum Gasteiger partial charge on any atom is -0.441 e. The molecule has 22 heavy (non-hydrogen) atoms. The van der Waals surface area contributed by atoms with Gasteiger partial charge >= 0.3 is 0 Å². The van der Waals surface area contributed by atoms with E-state index in [1.165, 1.54) is 0 Å². The number of hydrogen-bond acceptors (Lipinski definition) is 5. The average Bonchev–Trinajstić information content (AvgIpc) is 2.93. The fourth-order valence-corrected chi connectivity index (χ4v) is 2.58. The van der Waals surface area contributed by atoms with Gasteiger partial charge in [0.05, 0.1) is 19.1 Å². The smallest absolute Gasteiger partial charge is 0.222 e. The molecule has 1 aromatic carbocycles. The zero-order valence-corrected chi connectivity index (χ0v) is 12.7. The Kier molecular flexibility index (Phi) is 4.70. The third-order valence-corrected chi connectivity index (χ3v) is 3.74. The molecule has 2 heterocycles. The lowest BCUT2D eigenvalue weighted by molar-refractivity contribution is -0.124. The number of amides is 1. The second-order valence-corrected chi connectivity index (χ2v) is 5.53. The first kappa shape index (κ1) is 15.0. The lowest BCUT2D eigenvalue weighted by Crippen LogP contribution is -2.41. The Bertz CT molecular complexity index is 647. The van der Waals surface area contributed by atoms with Crippen molar-refractivity contribution >= 4 is 17.0 Å². The number of hydrogen-bond donors (Lipinski definition) is 2. The molecule has 0 saturated carbocycles. The van der Waals surface area contributed by atoms with Gasteiger partial charge in [0.2, 0.25) is 5.91 Å². The molecule has 1 aliphatic rings. The number of oxazole rings is 1. The van der Waals surface area contributed by atoms with Crippen LogP contribution in [0.15, 0.2) is 22.6 Å². The molecular formula is C16H21N3O3. The number of carbonyl (C=O) groups is 1. The Morgan fingerprint density at radius 1 is 1.50 bits per heavy atom. The third kappa shape index (κ3) is 3.64. The van der Waals surface area contributed by atoms with Gasteiger partial charge in [0, 0.05) is 26.1 Å². The van der Waals surface area contributed by atoms with Crippen molar-refractivity contribution in [1.29, 1.82) is 0 Å². The Morgan fingerprint density at radius 2 is 2.41 bits per heavy atom. The highest BCUT2D eigenvalue weighted by molar-refractivity contribution is 5.77. The first-order chi connectivity index (χ1) is 10.7. The molecule has 2 aromatic rings. The molecule has 0 bridgehead atoms. The summed E-state index contributed by atoms with van der Waals surface area (Å²) >= 11 is 0. The Morgan fingerprint density at radius 3 is 3.18 bits per heavy atom. The summed E-state index contributed by atoms with van der Waals surface area (Å²) in [5, 5.41) is 6.10. The number of aryl methyl sites for hydroxylation is 1. The van der Waals surface area contributed by atoms with Crippen molar-refractivity contribution in [2.45, 2.75) is 25.9 Å². The number of benzene rings is 1. The number of rotatable bonds is 5. The van der Waals surface area contributed by atoms with Gasteiger partial charge in [-0.2, -0.15) is 0 Å². The normalized spacial score (nSPS) is 18.5. The summed E-state index contributed by atoms with van der Waals surface area (Å²) in [4.78, 5) is 16.3. The minimum atomic E-state index is -0.0271. The van der Waals surface area contributed by atoms with Crippen molar-refractivity contribution in [2.24, 2.45) is 0 Å². The van der Waals surface area contributed by atoms with Gasteiger partial charge in [0.1, 0.15) is 5.52 Å². The molecule has 1 amide bonds. The molecule has 6 nitrogen and oxygen atoms in total. The van der Waals surface area contributed by atoms with Gasteiger partial charge in [0.15, 0.2) is 11.5 Å². The number of nitrogens with zero attached hydrogens (tertiary/aromatic N) is 1. The molecule has 1 fully saturated rings. The van der Waals surface area contributed by atoms with Gasteiger partial charge in [-0.25, -0.2) is 4.98 Å². The van der Waals surface area contributed by atoms with Crippen molar-refractivity contribution in [3.63, 3.8) is 0 Å². The molecule has 2 N–H and O–H groups in total. The number of fused-ring (bicyclic) bond motifs is 1. The van der Waals surface area contributed by atoms with Crippen molar-refractivity contribution in [1.82, 2.24) is 15.6 Å². The Labute approximate surface area is 129 Å². The van der Waals surface area contributed by atoms with Crippen LogP contribution in [-0.4, -0.2) is 43.2 Å². The van der Waals surface area contributed by atoms with Crippen LogP contribution in [0.3, 0.4) is 0 Å². The lowest BCUT2D eigenvalue weighted by atomic mass is 10.2. The van der Waals surface area contributed by atoms with Crippen LogP contribution >= 0.6 is 0 Å². The highest BCUT2D eigenvalue weighted by atomic mass is 16.5. The SMILES string of the molecule is Cc1cccc2oc(CCNC(=O)CC3CNCCO3)nc12. The van der Waals surface area contributed by atoms with Gasteiger partial charge < -0.3 is 19.8 Å². The van der Waals surface area contributed by atoms with E-state index in [2.05, 4.69) is 15.6 Å². The van der Waals surface area contributed by atoms with Gasteiger partial charge in [-0.3, -0.25) is 4.79 Å². The molecule has 0 radical (unpaired) electrons. The number of nitrogens with one attached hydrogen (secondary N) is 2. The zero-order chi connectivity index (χ0) is 15.4. The van der Waals surface area contributed by atoms with Crippen LogP contribution in [0.25, 0.3) is 11.1 Å². The summed E-state index contributed by atoms with van der Waals surface area (Å²) < 4.78 is 11.2. The number of ether oxygens (including phenoxy) is 1. The first-order valence-corrected chi connectivity index (χ1v) is 7.66. The standard InChI is InChI=1S/C16H21N3O3/c1-11-3-2-4-13-16(11)19-15(22-13)5-6-18-14(20)9-12-10-17-7-8-21-12/h2-4,12,17H,5-10H2,1H3,(H,18,20). The van der Waals surface area contributed by atoms with E-state index in [0.717, 1.165) is 29.8 Å². The number of aromatic nitrogens is 1. The van der Waals surface area contributed by atoms with Crippen LogP contribution in [0.1, 0.15) is 17.9 Å². The van der Waals surface area contributed by atoms with E-state index < -0.39 is 0 Å². The fraction of sp³-hybridized carbons (Fsp3) is 0.500. The van der Waals surface area contributed by atoms with Crippen LogP contribution in [-0.2, 0) is 16.0 Å². The van der Waals surface area contributed by atoms with Crippen molar-refractivity contribution in [3.05, 3.63) is 29.7 Å². The highest BCUT2D eigenvalue weighted by Gasteiger charge is 2.17. The maximum atomic E-state index is 11.9. The minimum absolute atomic E-state index is 0.000918. The summed E-state index contributed by atoms with van der Waals surface area (Å²) in [6.45, 7) is 4.78. The van der Waals surface area contributed by atoms with Crippen molar-refractivity contribution in [2.75, 3.05) is 26.2 Å². The molecule has 118 valence electrons. The molecule has 0 aliphatic carbocycles. The van der Waals surface area contributed by atoms with E-state index >= 15 is 0 Å². The van der Waals surface area contributed by atoms with Gasteiger partial charge in [-0.15, -0.1) is 0 Å². The molecule has 1 aliphatic heterocycles. The number of morpholine rings is 1. The maximum absolute atomic E-state index is 11.9. The fourth-order valence-electron chi connectivity index (χ4n) is 2.58. The predicted octanol–water partition coefficient (Wildman–Crippen LogP) is 1.17. The first-order valence-electron chi connectivity index (χ1n) is 7.66. The van der Waals surface area contributed by atoms with Gasteiger partial charge in [-0.05, 0) is 18.6 Å². The molecule has 0 spiro atoms. The predicted molar refractivity (Wildman–Crippen MR) is 82.7 cm³/mol. The van der Waals surface area contributed by atoms with E-state index in [9.17, 15) is 4.79 Å². The lowest BCUT2D eigenvalue weighted by Gasteiger charge is -2.22. The van der Waals surface area contributed by atoms with Crippen molar-refractivity contribution in [3.8, 4) is 0 Å². The van der Waals surface area contributed by atoms with E-state index in [-0.39, 0.29) is 12.0 Å². The summed E-state index contributed by atoms with van der Waals surface area (Å²) in [5.41, 5.74) is 2.78. The third-order valence-electron chi connectivity index (χ3n) is 3.74. The topological polar surface area (TPSA) is 76.4 Å². The van der Waals surface area contributed by atoms with Crippen LogP contribution in [0.2, 0.25) is 0 Å². The number of para-hydroxylation sites is 1. The summed E-state index contributed by atoms with van der Waals surface area (Å²) in [6.07, 6.45) is 0.948. The molecule has 1 saturated heterocycles. The molecule has 1 aromatic heterocycles. The quantitative estimate of drug-likeness (QED) is 0.867. The Balaban J connectivity index is 1.47. The molecule has 3 rings (SSSR count). The highest BCUT2D eigenvalue weighted by Crippen LogP contribution is 2.18. The van der Waals surface area contributed by atoms with E-state index in [4.69, 9.17) is 9.15 Å². The van der Waals surface area contributed by atoms with E-state index in [1.807, 2.05) is 25.1 Å². The van der Waals surface area contributed by atoms with Crippen LogP contribution in [0, 0.1) is 6.92 Å². The van der Waals surface area contributed by atoms with Crippen LogP contribution in [0.4, 0.5) is 0 Å². The zero-order valence-electron chi connectivity index (χ0n) is 12.7. The van der Waals surface area contributed by atoms with E-state index in [1.54, 1.807) is 0 Å². The van der Waals surface area contributed by atoms with Crippen molar-refractivity contribution < 1.29 is 13.9 Å². The monoisotopic (exact) mass is 303 g/mol. The molecule has 1 unspecified atom stereocenters. The Hall–Kier alpha value is -1.92.